The molecule has 2 N–H and O–H groups in total. The first-order valence-corrected chi connectivity index (χ1v) is 11.2. The standard InChI is InChI=1S/C24H34F5N3O/c1-15(2)23(25,26)20-10-19(11-21(12-20)24(27,28)29)17(5)30-13-18-6-8-32(9-7-18)14-22(33)31-16(3)4/h11-12,16,18,20,30H,1,5-10,13-14H2,2-4H3,(H,31,33). The summed E-state index contributed by atoms with van der Waals surface area (Å²) in [5.41, 5.74) is -1.21. The van der Waals surface area contributed by atoms with E-state index in [0.717, 1.165) is 38.9 Å². The van der Waals surface area contributed by atoms with E-state index in [1.54, 1.807) is 0 Å². The quantitative estimate of drug-likeness (QED) is 0.366. The number of halogens is 5. The van der Waals surface area contributed by atoms with E-state index in [4.69, 9.17) is 0 Å². The lowest BCUT2D eigenvalue weighted by Crippen LogP contribution is -2.44. The molecule has 0 aromatic rings. The number of nitrogens with one attached hydrogen (secondary N) is 2. The zero-order valence-corrected chi connectivity index (χ0v) is 19.5. The Kier molecular flexibility index (Phi) is 8.90. The molecule has 0 aromatic heterocycles. The van der Waals surface area contributed by atoms with Gasteiger partial charge in [0.15, 0.2) is 0 Å². The molecule has 9 heteroatoms. The summed E-state index contributed by atoms with van der Waals surface area (Å²) in [6, 6.07) is 0.0852. The predicted molar refractivity (Wildman–Crippen MR) is 120 cm³/mol. The maximum absolute atomic E-state index is 14.5. The molecular weight excluding hydrogens is 441 g/mol. The van der Waals surface area contributed by atoms with Crippen molar-refractivity contribution >= 4 is 5.91 Å². The molecule has 1 aliphatic heterocycles. The molecule has 0 radical (unpaired) electrons. The van der Waals surface area contributed by atoms with E-state index in [0.29, 0.717) is 19.2 Å². The first kappa shape index (κ1) is 27.1. The average molecular weight is 476 g/mol. The van der Waals surface area contributed by atoms with Crippen molar-refractivity contribution in [1.29, 1.82) is 0 Å². The highest BCUT2D eigenvalue weighted by atomic mass is 19.4. The highest BCUT2D eigenvalue weighted by molar-refractivity contribution is 5.78. The third-order valence-corrected chi connectivity index (χ3v) is 6.03. The lowest BCUT2D eigenvalue weighted by molar-refractivity contribution is -0.123. The number of allylic oxidation sites excluding steroid dienone is 5. The van der Waals surface area contributed by atoms with Gasteiger partial charge >= 0.3 is 6.18 Å². The molecule has 2 rings (SSSR count). The molecule has 1 heterocycles. The van der Waals surface area contributed by atoms with Crippen molar-refractivity contribution in [2.45, 2.75) is 58.2 Å². The first-order chi connectivity index (χ1) is 15.2. The summed E-state index contributed by atoms with van der Waals surface area (Å²) in [4.78, 5) is 14.0. The van der Waals surface area contributed by atoms with E-state index in [1.165, 1.54) is 0 Å². The normalized spacial score (nSPS) is 20.8. The number of hydrogen-bond acceptors (Lipinski definition) is 3. The van der Waals surface area contributed by atoms with E-state index < -0.39 is 29.2 Å². The molecule has 186 valence electrons. The van der Waals surface area contributed by atoms with Crippen molar-refractivity contribution in [3.63, 3.8) is 0 Å². The summed E-state index contributed by atoms with van der Waals surface area (Å²) in [6.07, 6.45) is -1.86. The van der Waals surface area contributed by atoms with Crippen molar-refractivity contribution in [2.75, 3.05) is 26.2 Å². The smallest absolute Gasteiger partial charge is 0.385 e. The third-order valence-electron chi connectivity index (χ3n) is 6.03. The molecule has 0 bridgehead atoms. The fraction of sp³-hybridized carbons (Fsp3) is 0.625. The summed E-state index contributed by atoms with van der Waals surface area (Å²) in [5, 5.41) is 5.91. The van der Waals surface area contributed by atoms with Crippen molar-refractivity contribution < 1.29 is 26.7 Å². The topological polar surface area (TPSA) is 44.4 Å². The Balaban J connectivity index is 1.94. The zero-order chi connectivity index (χ0) is 25.0. The molecule has 0 aromatic carbocycles. The average Bonchev–Trinajstić information content (AvgIpc) is 2.71. The van der Waals surface area contributed by atoms with Crippen molar-refractivity contribution in [3.05, 3.63) is 47.7 Å². The summed E-state index contributed by atoms with van der Waals surface area (Å²) < 4.78 is 69.0. The molecule has 2 aliphatic rings. The predicted octanol–water partition coefficient (Wildman–Crippen LogP) is 4.97. The highest BCUT2D eigenvalue weighted by Gasteiger charge is 2.44. The summed E-state index contributed by atoms with van der Waals surface area (Å²) >= 11 is 0. The monoisotopic (exact) mass is 475 g/mol. The molecular formula is C24H34F5N3O. The minimum atomic E-state index is -4.73. The van der Waals surface area contributed by atoms with E-state index >= 15 is 0 Å². The second-order valence-corrected chi connectivity index (χ2v) is 9.30. The van der Waals surface area contributed by atoms with Crippen LogP contribution in [0.5, 0.6) is 0 Å². The van der Waals surface area contributed by atoms with Gasteiger partial charge in [-0.2, -0.15) is 13.2 Å². The molecule has 33 heavy (non-hydrogen) atoms. The van der Waals surface area contributed by atoms with Gasteiger partial charge in [-0.3, -0.25) is 9.69 Å². The van der Waals surface area contributed by atoms with Crippen LogP contribution in [0, 0.1) is 11.8 Å². The number of nitrogens with zero attached hydrogens (tertiary/aromatic N) is 1. The minimum absolute atomic E-state index is 0.0196. The fourth-order valence-electron chi connectivity index (χ4n) is 4.04. The number of likely N-dealkylation sites (tertiary alicyclic amines) is 1. The van der Waals surface area contributed by atoms with Crippen LogP contribution in [0.1, 0.15) is 40.0 Å². The maximum Gasteiger partial charge on any atom is 0.416 e. The molecule has 1 atom stereocenters. The summed E-state index contributed by atoms with van der Waals surface area (Å²) in [6.45, 7) is 14.3. The molecule has 1 saturated heterocycles. The molecule has 4 nitrogen and oxygen atoms in total. The Labute approximate surface area is 192 Å². The Morgan fingerprint density at radius 1 is 1.18 bits per heavy atom. The van der Waals surface area contributed by atoms with E-state index in [1.807, 2.05) is 13.8 Å². The van der Waals surface area contributed by atoms with Crippen LogP contribution in [-0.2, 0) is 4.79 Å². The fourth-order valence-corrected chi connectivity index (χ4v) is 4.04. The maximum atomic E-state index is 14.5. The molecule has 1 amide bonds. The van der Waals surface area contributed by atoms with Gasteiger partial charge in [0.25, 0.3) is 5.92 Å². The van der Waals surface area contributed by atoms with Crippen LogP contribution in [-0.4, -0.2) is 55.1 Å². The van der Waals surface area contributed by atoms with Crippen LogP contribution in [0.2, 0.25) is 0 Å². The Hall–Kier alpha value is -2.16. The number of piperidine rings is 1. The van der Waals surface area contributed by atoms with Gasteiger partial charge in [0, 0.05) is 24.2 Å². The van der Waals surface area contributed by atoms with Gasteiger partial charge in [0.05, 0.1) is 12.1 Å². The molecule has 0 saturated carbocycles. The van der Waals surface area contributed by atoms with Crippen LogP contribution in [0.15, 0.2) is 47.7 Å². The van der Waals surface area contributed by atoms with Gasteiger partial charge in [0.1, 0.15) is 0 Å². The van der Waals surface area contributed by atoms with Crippen LogP contribution in [0.4, 0.5) is 22.0 Å². The van der Waals surface area contributed by atoms with Crippen LogP contribution in [0.3, 0.4) is 0 Å². The van der Waals surface area contributed by atoms with Gasteiger partial charge < -0.3 is 10.6 Å². The number of hydrogen-bond donors (Lipinski definition) is 2. The van der Waals surface area contributed by atoms with Crippen LogP contribution in [0.25, 0.3) is 0 Å². The second kappa shape index (κ2) is 10.8. The zero-order valence-electron chi connectivity index (χ0n) is 19.5. The number of carbonyl (C=O) groups excluding carboxylic acids is 1. The largest absolute Gasteiger partial charge is 0.416 e. The van der Waals surface area contributed by atoms with Gasteiger partial charge in [-0.15, -0.1) is 0 Å². The van der Waals surface area contributed by atoms with Crippen molar-refractivity contribution in [3.8, 4) is 0 Å². The van der Waals surface area contributed by atoms with Crippen LogP contribution >= 0.6 is 0 Å². The SMILES string of the molecule is C=C(NCC1CCN(CC(=O)NC(C)C)CC1)C1=CC(C(F)(F)F)=CC(C(F)(F)C(=C)C)C1. The van der Waals surface area contributed by atoms with Crippen molar-refractivity contribution in [2.24, 2.45) is 11.8 Å². The summed E-state index contributed by atoms with van der Waals surface area (Å²) in [5.74, 6) is -4.86. The lowest BCUT2D eigenvalue weighted by atomic mass is 9.82. The number of rotatable bonds is 9. The van der Waals surface area contributed by atoms with E-state index in [-0.39, 0.29) is 35.6 Å². The Morgan fingerprint density at radius 3 is 2.30 bits per heavy atom. The van der Waals surface area contributed by atoms with Crippen LogP contribution < -0.4 is 10.6 Å². The lowest BCUT2D eigenvalue weighted by Gasteiger charge is -2.33. The Bertz CT molecular complexity index is 805. The van der Waals surface area contributed by atoms with Gasteiger partial charge in [-0.1, -0.05) is 19.2 Å². The second-order valence-electron chi connectivity index (χ2n) is 9.30. The first-order valence-electron chi connectivity index (χ1n) is 11.2. The van der Waals surface area contributed by atoms with Crippen molar-refractivity contribution in [1.82, 2.24) is 15.5 Å². The van der Waals surface area contributed by atoms with Gasteiger partial charge in [-0.25, -0.2) is 8.78 Å². The molecule has 1 aliphatic carbocycles. The van der Waals surface area contributed by atoms with E-state index in [2.05, 4.69) is 28.7 Å². The summed E-state index contributed by atoms with van der Waals surface area (Å²) in [7, 11) is 0. The number of carbonyl (C=O) groups is 1. The molecule has 0 spiro atoms. The minimum Gasteiger partial charge on any atom is -0.385 e. The number of amides is 1. The molecule has 1 fully saturated rings. The molecule has 1 unspecified atom stereocenters. The highest BCUT2D eigenvalue weighted by Crippen LogP contribution is 2.43. The van der Waals surface area contributed by atoms with E-state index in [9.17, 15) is 26.7 Å². The van der Waals surface area contributed by atoms with Gasteiger partial charge in [0.2, 0.25) is 5.91 Å². The number of alkyl halides is 5. The Morgan fingerprint density at radius 2 is 1.79 bits per heavy atom. The van der Waals surface area contributed by atoms with Gasteiger partial charge in [-0.05, 0) is 76.3 Å². The third kappa shape index (κ3) is 7.69.